The number of hydrogen-bond donors (Lipinski definition) is 0. The van der Waals surface area contributed by atoms with Gasteiger partial charge in [0.25, 0.3) is 0 Å². The smallest absolute Gasteiger partial charge is 0.444 e. The number of halogens is 3. The van der Waals surface area contributed by atoms with Crippen LogP contribution >= 0.6 is 0 Å². The minimum atomic E-state index is -4.93. The second-order valence-corrected chi connectivity index (χ2v) is 10.6. The van der Waals surface area contributed by atoms with E-state index in [0.717, 1.165) is 4.90 Å². The van der Waals surface area contributed by atoms with E-state index in [2.05, 4.69) is 0 Å². The summed E-state index contributed by atoms with van der Waals surface area (Å²) in [5.74, 6) is -2.06. The molecular formula is C21H30F3N3O4. The Morgan fingerprint density at radius 1 is 1.03 bits per heavy atom. The van der Waals surface area contributed by atoms with E-state index in [1.165, 1.54) is 4.90 Å². The number of piperazine rings is 1. The number of ether oxygens (including phenoxy) is 1. The van der Waals surface area contributed by atoms with Crippen molar-refractivity contribution in [3.05, 3.63) is 0 Å². The maximum absolute atomic E-state index is 13.6. The second kappa shape index (κ2) is 6.75. The Morgan fingerprint density at radius 2 is 1.65 bits per heavy atom. The first-order valence-corrected chi connectivity index (χ1v) is 10.9. The molecule has 2 spiro atoms. The fraction of sp³-hybridized carbons (Fsp3) is 0.857. The molecule has 0 radical (unpaired) electrons. The van der Waals surface area contributed by atoms with Gasteiger partial charge < -0.3 is 14.5 Å². The molecule has 10 heteroatoms. The summed E-state index contributed by atoms with van der Waals surface area (Å²) in [6, 6.07) is -0.680. The molecule has 3 unspecified atom stereocenters. The van der Waals surface area contributed by atoms with Crippen LogP contribution in [0.4, 0.5) is 18.0 Å². The van der Waals surface area contributed by atoms with Gasteiger partial charge in [-0.15, -0.1) is 0 Å². The number of alkyl halides is 3. The topological polar surface area (TPSA) is 70.2 Å². The summed E-state index contributed by atoms with van der Waals surface area (Å²) in [5.41, 5.74) is -2.42. The summed E-state index contributed by atoms with van der Waals surface area (Å²) in [6.07, 6.45) is -2.87. The summed E-state index contributed by atoms with van der Waals surface area (Å²) in [7, 11) is 0. The van der Waals surface area contributed by atoms with Crippen molar-refractivity contribution in [3.63, 3.8) is 0 Å². The number of carbonyl (C=O) groups excluding carboxylic acids is 3. The van der Waals surface area contributed by atoms with E-state index < -0.39 is 40.9 Å². The zero-order valence-electron chi connectivity index (χ0n) is 18.4. The first-order chi connectivity index (χ1) is 14.2. The molecule has 0 N–H and O–H groups in total. The Hall–Kier alpha value is -2.00. The molecular weight excluding hydrogens is 415 g/mol. The van der Waals surface area contributed by atoms with Gasteiger partial charge in [0.05, 0.1) is 11.1 Å². The van der Waals surface area contributed by atoms with Crippen LogP contribution in [0.25, 0.3) is 0 Å². The first-order valence-electron chi connectivity index (χ1n) is 10.9. The van der Waals surface area contributed by atoms with Gasteiger partial charge in [0, 0.05) is 19.6 Å². The number of hydrogen-bond acceptors (Lipinski definition) is 4. The van der Waals surface area contributed by atoms with E-state index in [1.807, 2.05) is 6.92 Å². The number of likely N-dealkylation sites (tertiary alicyclic amines) is 1. The molecule has 7 nitrogen and oxygen atoms in total. The van der Waals surface area contributed by atoms with Crippen molar-refractivity contribution in [2.75, 3.05) is 19.6 Å². The lowest BCUT2D eigenvalue weighted by molar-refractivity contribution is -0.194. The van der Waals surface area contributed by atoms with Crippen LogP contribution in [0.5, 0.6) is 0 Å². The lowest BCUT2D eigenvalue weighted by Gasteiger charge is -2.49. The highest BCUT2D eigenvalue weighted by Crippen LogP contribution is 2.58. The molecule has 31 heavy (non-hydrogen) atoms. The van der Waals surface area contributed by atoms with E-state index >= 15 is 0 Å². The highest BCUT2D eigenvalue weighted by molar-refractivity contribution is 5.89. The molecule has 174 valence electrons. The van der Waals surface area contributed by atoms with Crippen molar-refractivity contribution < 1.29 is 32.3 Å². The molecule has 2 aliphatic heterocycles. The minimum Gasteiger partial charge on any atom is -0.444 e. The molecule has 0 bridgehead atoms. The molecule has 2 saturated heterocycles. The van der Waals surface area contributed by atoms with Crippen molar-refractivity contribution >= 4 is 17.9 Å². The molecule has 4 rings (SSSR count). The SMILES string of the molecule is CC1CC12CN(C(=O)C(F)(F)F)C1(CC1)CN2C(=O)C1CCCN1C(=O)OC(C)(C)C. The normalized spacial score (nSPS) is 31.9. The minimum absolute atomic E-state index is 0.00698. The van der Waals surface area contributed by atoms with Crippen LogP contribution < -0.4 is 0 Å². The van der Waals surface area contributed by atoms with Crippen LogP contribution in [0.3, 0.4) is 0 Å². The maximum atomic E-state index is 13.6. The third-order valence-corrected chi connectivity index (χ3v) is 7.16. The highest BCUT2D eigenvalue weighted by Gasteiger charge is 2.69. The monoisotopic (exact) mass is 445 g/mol. The van der Waals surface area contributed by atoms with Crippen LogP contribution in [-0.4, -0.2) is 81.1 Å². The Morgan fingerprint density at radius 3 is 2.13 bits per heavy atom. The lowest BCUT2D eigenvalue weighted by Crippen LogP contribution is -2.68. The quantitative estimate of drug-likeness (QED) is 0.622. The average Bonchev–Trinajstić information content (AvgIpc) is 3.46. The molecule has 2 saturated carbocycles. The fourth-order valence-corrected chi connectivity index (χ4v) is 5.18. The van der Waals surface area contributed by atoms with Gasteiger partial charge in [0.2, 0.25) is 5.91 Å². The van der Waals surface area contributed by atoms with Crippen molar-refractivity contribution in [1.82, 2.24) is 14.7 Å². The molecule has 2 aliphatic carbocycles. The maximum Gasteiger partial charge on any atom is 0.471 e. The van der Waals surface area contributed by atoms with Gasteiger partial charge in [-0.1, -0.05) is 6.92 Å². The van der Waals surface area contributed by atoms with E-state index in [4.69, 9.17) is 4.74 Å². The van der Waals surface area contributed by atoms with Crippen LogP contribution in [0, 0.1) is 5.92 Å². The van der Waals surface area contributed by atoms with Crippen LogP contribution in [0.15, 0.2) is 0 Å². The van der Waals surface area contributed by atoms with Crippen LogP contribution in [0.1, 0.15) is 59.8 Å². The third kappa shape index (κ3) is 3.75. The van der Waals surface area contributed by atoms with Crippen LogP contribution in [0.2, 0.25) is 0 Å². The Kier molecular flexibility index (Phi) is 4.83. The number of amides is 3. The first kappa shape index (κ1) is 22.2. The third-order valence-electron chi connectivity index (χ3n) is 7.16. The molecule has 2 heterocycles. The van der Waals surface area contributed by atoms with E-state index in [-0.39, 0.29) is 24.9 Å². The van der Waals surface area contributed by atoms with Crippen molar-refractivity contribution in [2.45, 2.75) is 88.7 Å². The summed E-state index contributed by atoms with van der Waals surface area (Å²) >= 11 is 0. The number of carbonyl (C=O) groups is 3. The van der Waals surface area contributed by atoms with E-state index in [0.29, 0.717) is 38.6 Å². The predicted molar refractivity (Wildman–Crippen MR) is 104 cm³/mol. The van der Waals surface area contributed by atoms with Gasteiger partial charge in [-0.05, 0) is 58.8 Å². The van der Waals surface area contributed by atoms with Gasteiger partial charge in [0.15, 0.2) is 0 Å². The zero-order chi connectivity index (χ0) is 23.0. The molecule has 0 aromatic carbocycles. The highest BCUT2D eigenvalue weighted by atomic mass is 19.4. The molecule has 0 aromatic rings. The van der Waals surface area contributed by atoms with Gasteiger partial charge >= 0.3 is 18.2 Å². The molecule has 0 aromatic heterocycles. The largest absolute Gasteiger partial charge is 0.471 e. The molecule has 4 fully saturated rings. The van der Waals surface area contributed by atoms with Gasteiger partial charge in [-0.25, -0.2) is 4.79 Å². The Bertz CT molecular complexity index is 805. The molecule has 3 atom stereocenters. The van der Waals surface area contributed by atoms with Gasteiger partial charge in [-0.3, -0.25) is 14.5 Å². The van der Waals surface area contributed by atoms with Crippen LogP contribution in [-0.2, 0) is 14.3 Å². The Labute approximate surface area is 179 Å². The summed E-state index contributed by atoms with van der Waals surface area (Å²) in [6.45, 7) is 7.56. The van der Waals surface area contributed by atoms with Gasteiger partial charge in [0.1, 0.15) is 11.6 Å². The van der Waals surface area contributed by atoms with E-state index in [1.54, 1.807) is 25.7 Å². The molecule has 3 amide bonds. The lowest BCUT2D eigenvalue weighted by atomic mass is 9.98. The number of nitrogens with zero attached hydrogens (tertiary/aromatic N) is 3. The molecule has 4 aliphatic rings. The standard InChI is InChI=1S/C21H30F3N3O4/c1-13-10-20(13)12-27(16(29)21(22,23)24)19(7-8-19)11-26(20)15(28)14-6-5-9-25(14)17(30)31-18(2,3)4/h13-14H,5-12H2,1-4H3. The van der Waals surface area contributed by atoms with E-state index in [9.17, 15) is 27.6 Å². The van der Waals surface area contributed by atoms with Crippen molar-refractivity contribution in [3.8, 4) is 0 Å². The second-order valence-electron chi connectivity index (χ2n) is 10.6. The van der Waals surface area contributed by atoms with Crippen molar-refractivity contribution in [1.29, 1.82) is 0 Å². The summed E-state index contributed by atoms with van der Waals surface area (Å²) < 4.78 is 45.1. The number of rotatable bonds is 1. The van der Waals surface area contributed by atoms with Gasteiger partial charge in [-0.2, -0.15) is 13.2 Å². The summed E-state index contributed by atoms with van der Waals surface area (Å²) in [4.78, 5) is 42.5. The Balaban J connectivity index is 1.56. The zero-order valence-corrected chi connectivity index (χ0v) is 18.4. The average molecular weight is 445 g/mol. The predicted octanol–water partition coefficient (Wildman–Crippen LogP) is 2.93. The van der Waals surface area contributed by atoms with Crippen molar-refractivity contribution in [2.24, 2.45) is 5.92 Å². The fourth-order valence-electron chi connectivity index (χ4n) is 5.18. The summed E-state index contributed by atoms with van der Waals surface area (Å²) in [5, 5.41) is 0.